The Morgan fingerprint density at radius 1 is 1.43 bits per heavy atom. The van der Waals surface area contributed by atoms with Gasteiger partial charge in [0.2, 0.25) is 0 Å². The molecular formula is C15H16ClN3O3S. The van der Waals surface area contributed by atoms with Gasteiger partial charge in [-0.1, -0.05) is 11.6 Å². The summed E-state index contributed by atoms with van der Waals surface area (Å²) < 4.78 is 0. The number of nitrogens with zero attached hydrogens (tertiary/aromatic N) is 2. The SMILES string of the molecule is CN(C)[C@H](CNC(=O)c1ccc([N+](=O)[O-])cc1Cl)c1ccsc1. The Morgan fingerprint density at radius 2 is 2.17 bits per heavy atom. The van der Waals surface area contributed by atoms with E-state index in [4.69, 9.17) is 11.6 Å². The predicted molar refractivity (Wildman–Crippen MR) is 91.2 cm³/mol. The average molecular weight is 354 g/mol. The van der Waals surface area contributed by atoms with Crippen molar-refractivity contribution in [1.29, 1.82) is 0 Å². The summed E-state index contributed by atoms with van der Waals surface area (Å²) in [6.07, 6.45) is 0. The summed E-state index contributed by atoms with van der Waals surface area (Å²) in [5, 5.41) is 17.6. The molecule has 0 aliphatic rings. The van der Waals surface area contributed by atoms with Crippen molar-refractivity contribution in [1.82, 2.24) is 10.2 Å². The number of carbonyl (C=O) groups is 1. The zero-order valence-corrected chi connectivity index (χ0v) is 14.2. The summed E-state index contributed by atoms with van der Waals surface area (Å²) in [5.74, 6) is -0.355. The van der Waals surface area contributed by atoms with Gasteiger partial charge in [-0.15, -0.1) is 0 Å². The Kier molecular flexibility index (Phi) is 5.70. The molecule has 0 aliphatic heterocycles. The normalized spacial score (nSPS) is 12.2. The van der Waals surface area contributed by atoms with Crippen molar-refractivity contribution in [3.8, 4) is 0 Å². The molecule has 8 heteroatoms. The van der Waals surface area contributed by atoms with Crippen molar-refractivity contribution in [3.63, 3.8) is 0 Å². The van der Waals surface area contributed by atoms with E-state index in [0.717, 1.165) is 5.56 Å². The highest BCUT2D eigenvalue weighted by atomic mass is 35.5. The maximum atomic E-state index is 12.3. The topological polar surface area (TPSA) is 75.5 Å². The summed E-state index contributed by atoms with van der Waals surface area (Å²) >= 11 is 7.57. The molecule has 1 N–H and O–H groups in total. The van der Waals surface area contributed by atoms with Crippen molar-refractivity contribution in [3.05, 3.63) is 61.3 Å². The first kappa shape index (κ1) is 17.4. The van der Waals surface area contributed by atoms with Gasteiger partial charge in [0.05, 0.1) is 21.6 Å². The summed E-state index contributed by atoms with van der Waals surface area (Å²) in [6, 6.07) is 5.87. The number of carbonyl (C=O) groups excluding carboxylic acids is 1. The first-order valence-electron chi connectivity index (χ1n) is 6.81. The minimum atomic E-state index is -0.549. The van der Waals surface area contributed by atoms with E-state index < -0.39 is 4.92 Å². The van der Waals surface area contributed by atoms with Crippen LogP contribution >= 0.6 is 22.9 Å². The standard InChI is InChI=1S/C15H16ClN3O3S/c1-18(2)14(10-5-6-23-9-10)8-17-15(20)12-4-3-11(19(21)22)7-13(12)16/h3-7,9,14H,8H2,1-2H3,(H,17,20)/t14-/m1/s1. The lowest BCUT2D eigenvalue weighted by Gasteiger charge is -2.24. The molecule has 0 aliphatic carbocycles. The monoisotopic (exact) mass is 353 g/mol. The van der Waals surface area contributed by atoms with Gasteiger partial charge in [0, 0.05) is 18.7 Å². The van der Waals surface area contributed by atoms with Gasteiger partial charge in [0.1, 0.15) is 0 Å². The molecule has 0 saturated carbocycles. The molecule has 0 fully saturated rings. The number of hydrogen-bond donors (Lipinski definition) is 1. The summed E-state index contributed by atoms with van der Waals surface area (Å²) in [7, 11) is 3.88. The van der Waals surface area contributed by atoms with E-state index in [1.165, 1.54) is 18.2 Å². The maximum Gasteiger partial charge on any atom is 0.270 e. The minimum absolute atomic E-state index is 0.0435. The van der Waals surface area contributed by atoms with E-state index in [0.29, 0.717) is 6.54 Å². The van der Waals surface area contributed by atoms with Crippen molar-refractivity contribution < 1.29 is 9.72 Å². The van der Waals surface area contributed by atoms with Crippen LogP contribution in [0.15, 0.2) is 35.0 Å². The van der Waals surface area contributed by atoms with Crippen LogP contribution in [0.4, 0.5) is 5.69 Å². The predicted octanol–water partition coefficient (Wildman–Crippen LogP) is 3.34. The van der Waals surface area contributed by atoms with E-state index >= 15 is 0 Å². The lowest BCUT2D eigenvalue weighted by atomic mass is 10.1. The van der Waals surface area contributed by atoms with Crippen molar-refractivity contribution in [2.75, 3.05) is 20.6 Å². The zero-order chi connectivity index (χ0) is 17.0. The average Bonchev–Trinajstić information content (AvgIpc) is 3.00. The van der Waals surface area contributed by atoms with Gasteiger partial charge in [-0.05, 0) is 42.6 Å². The molecular weight excluding hydrogens is 338 g/mol. The number of likely N-dealkylation sites (N-methyl/N-ethyl adjacent to an activating group) is 1. The Balaban J connectivity index is 2.08. The second kappa shape index (κ2) is 7.54. The van der Waals surface area contributed by atoms with Crippen LogP contribution in [0.5, 0.6) is 0 Å². The molecule has 2 rings (SSSR count). The van der Waals surface area contributed by atoms with E-state index in [1.807, 2.05) is 35.8 Å². The molecule has 6 nitrogen and oxygen atoms in total. The Morgan fingerprint density at radius 3 is 2.70 bits per heavy atom. The Bertz CT molecular complexity index is 704. The van der Waals surface area contributed by atoms with Gasteiger partial charge < -0.3 is 10.2 Å². The highest BCUT2D eigenvalue weighted by Crippen LogP contribution is 2.23. The maximum absolute atomic E-state index is 12.3. The first-order chi connectivity index (χ1) is 10.9. The Labute approximate surface area is 142 Å². The fourth-order valence-corrected chi connectivity index (χ4v) is 3.12. The number of nitro benzene ring substituents is 1. The van der Waals surface area contributed by atoms with Crippen molar-refractivity contribution in [2.24, 2.45) is 0 Å². The van der Waals surface area contributed by atoms with E-state index in [9.17, 15) is 14.9 Å². The number of amides is 1. The smallest absolute Gasteiger partial charge is 0.270 e. The van der Waals surface area contributed by atoms with E-state index in [-0.39, 0.29) is 28.2 Å². The van der Waals surface area contributed by atoms with Gasteiger partial charge in [-0.2, -0.15) is 11.3 Å². The van der Waals surface area contributed by atoms with Gasteiger partial charge in [0.25, 0.3) is 11.6 Å². The van der Waals surface area contributed by atoms with Gasteiger partial charge in [-0.3, -0.25) is 14.9 Å². The van der Waals surface area contributed by atoms with Crippen LogP contribution in [0, 0.1) is 10.1 Å². The molecule has 0 radical (unpaired) electrons. The van der Waals surface area contributed by atoms with Crippen LogP contribution < -0.4 is 5.32 Å². The van der Waals surface area contributed by atoms with Crippen molar-refractivity contribution in [2.45, 2.75) is 6.04 Å². The number of rotatable bonds is 6. The van der Waals surface area contributed by atoms with Crippen LogP contribution in [0.3, 0.4) is 0 Å². The van der Waals surface area contributed by atoms with E-state index in [1.54, 1.807) is 11.3 Å². The summed E-state index contributed by atoms with van der Waals surface area (Å²) in [4.78, 5) is 24.4. The van der Waals surface area contributed by atoms with Crippen LogP contribution in [0.2, 0.25) is 5.02 Å². The number of nitro groups is 1. The number of hydrogen-bond acceptors (Lipinski definition) is 5. The second-order valence-corrected chi connectivity index (χ2v) is 6.35. The molecule has 0 saturated heterocycles. The van der Waals surface area contributed by atoms with E-state index in [2.05, 4.69) is 5.32 Å². The molecule has 122 valence electrons. The Hall–Kier alpha value is -1.96. The van der Waals surface area contributed by atoms with Gasteiger partial charge in [0.15, 0.2) is 0 Å². The second-order valence-electron chi connectivity index (χ2n) is 5.17. The molecule has 2 aromatic rings. The number of halogens is 1. The highest BCUT2D eigenvalue weighted by molar-refractivity contribution is 7.07. The third kappa shape index (κ3) is 4.28. The molecule has 1 aromatic heterocycles. The highest BCUT2D eigenvalue weighted by Gasteiger charge is 2.18. The lowest BCUT2D eigenvalue weighted by Crippen LogP contribution is -2.34. The number of thiophene rings is 1. The quantitative estimate of drug-likeness (QED) is 0.638. The zero-order valence-electron chi connectivity index (χ0n) is 12.7. The first-order valence-corrected chi connectivity index (χ1v) is 8.13. The van der Waals surface area contributed by atoms with Crippen LogP contribution in [0.25, 0.3) is 0 Å². The molecule has 1 heterocycles. The summed E-state index contributed by atoms with van der Waals surface area (Å²) in [6.45, 7) is 0.413. The molecule has 0 unspecified atom stereocenters. The largest absolute Gasteiger partial charge is 0.350 e. The molecule has 0 bridgehead atoms. The lowest BCUT2D eigenvalue weighted by molar-refractivity contribution is -0.384. The molecule has 1 atom stereocenters. The number of benzene rings is 1. The number of nitrogens with one attached hydrogen (secondary N) is 1. The molecule has 1 amide bonds. The molecule has 23 heavy (non-hydrogen) atoms. The summed E-state index contributed by atoms with van der Waals surface area (Å²) in [5.41, 5.74) is 1.20. The third-order valence-electron chi connectivity index (χ3n) is 3.42. The number of non-ortho nitro benzene ring substituents is 1. The third-order valence-corrected chi connectivity index (χ3v) is 4.43. The fourth-order valence-electron chi connectivity index (χ4n) is 2.15. The van der Waals surface area contributed by atoms with Gasteiger partial charge in [-0.25, -0.2) is 0 Å². The van der Waals surface area contributed by atoms with Crippen LogP contribution in [0.1, 0.15) is 22.0 Å². The van der Waals surface area contributed by atoms with Crippen LogP contribution in [-0.4, -0.2) is 36.4 Å². The molecule has 1 aromatic carbocycles. The van der Waals surface area contributed by atoms with Gasteiger partial charge >= 0.3 is 0 Å². The van der Waals surface area contributed by atoms with Crippen molar-refractivity contribution >= 4 is 34.5 Å². The fraction of sp³-hybridized carbons (Fsp3) is 0.267. The minimum Gasteiger partial charge on any atom is -0.350 e. The molecule has 0 spiro atoms. The van der Waals surface area contributed by atoms with Crippen LogP contribution in [-0.2, 0) is 0 Å².